The molecule has 4 rings (SSSR count). The molecule has 8 heteroatoms. The number of imidazole rings is 1. The highest BCUT2D eigenvalue weighted by Crippen LogP contribution is 2.23. The van der Waals surface area contributed by atoms with E-state index < -0.39 is 0 Å². The summed E-state index contributed by atoms with van der Waals surface area (Å²) in [5, 5.41) is 4.99. The number of thiazole rings is 1. The van der Waals surface area contributed by atoms with Crippen molar-refractivity contribution >= 4 is 28.1 Å². The fourth-order valence-corrected chi connectivity index (χ4v) is 4.55. The molecule has 0 spiro atoms. The smallest absolute Gasteiger partial charge is 0.274 e. The van der Waals surface area contributed by atoms with Crippen molar-refractivity contribution < 1.29 is 9.59 Å². The minimum absolute atomic E-state index is 0.0151. The number of carbonyl (C=O) groups is 2. The number of amides is 2. The molecule has 2 amide bonds. The topological polar surface area (TPSA) is 70.0 Å². The van der Waals surface area contributed by atoms with Gasteiger partial charge >= 0.3 is 0 Å². The first-order chi connectivity index (χ1) is 12.1. The second kappa shape index (κ2) is 6.76. The van der Waals surface area contributed by atoms with Crippen molar-refractivity contribution in [1.29, 1.82) is 0 Å². The number of hydrogen-bond acceptors (Lipinski definition) is 5. The molecule has 0 saturated carbocycles. The molecule has 134 valence electrons. The van der Waals surface area contributed by atoms with Crippen LogP contribution >= 0.6 is 11.3 Å². The Morgan fingerprint density at radius 3 is 2.88 bits per heavy atom. The molecule has 7 nitrogen and oxygen atoms in total. The van der Waals surface area contributed by atoms with Crippen LogP contribution in [0.15, 0.2) is 11.6 Å². The van der Waals surface area contributed by atoms with Gasteiger partial charge in [0.05, 0.1) is 5.69 Å². The first-order valence-electron chi connectivity index (χ1n) is 8.85. The molecule has 0 unspecified atom stereocenters. The van der Waals surface area contributed by atoms with Gasteiger partial charge in [-0.15, -0.1) is 11.3 Å². The first-order valence-corrected chi connectivity index (χ1v) is 9.73. The molecular weight excluding hydrogens is 338 g/mol. The highest BCUT2D eigenvalue weighted by atomic mass is 32.1. The van der Waals surface area contributed by atoms with E-state index in [9.17, 15) is 9.59 Å². The summed E-state index contributed by atoms with van der Waals surface area (Å²) in [5.41, 5.74) is 1.56. The molecule has 2 saturated heterocycles. The summed E-state index contributed by atoms with van der Waals surface area (Å²) in [4.78, 5) is 33.9. The summed E-state index contributed by atoms with van der Waals surface area (Å²) < 4.78 is 2.04. The van der Waals surface area contributed by atoms with Gasteiger partial charge in [-0.25, -0.2) is 4.98 Å². The molecule has 2 fully saturated rings. The lowest BCUT2D eigenvalue weighted by Gasteiger charge is -2.18. The number of rotatable bonds is 4. The van der Waals surface area contributed by atoms with E-state index >= 15 is 0 Å². The molecule has 2 aliphatic heterocycles. The van der Waals surface area contributed by atoms with E-state index in [1.807, 2.05) is 20.9 Å². The Balaban J connectivity index is 1.56. The van der Waals surface area contributed by atoms with Gasteiger partial charge < -0.3 is 10.2 Å². The minimum atomic E-state index is 0.0151. The summed E-state index contributed by atoms with van der Waals surface area (Å²) in [6.45, 7) is 5.63. The predicted molar refractivity (Wildman–Crippen MR) is 95.7 cm³/mol. The van der Waals surface area contributed by atoms with Crippen molar-refractivity contribution in [3.05, 3.63) is 23.0 Å². The van der Waals surface area contributed by atoms with Gasteiger partial charge in [0.2, 0.25) is 5.91 Å². The van der Waals surface area contributed by atoms with Crippen molar-refractivity contribution in [2.45, 2.75) is 38.8 Å². The van der Waals surface area contributed by atoms with E-state index in [-0.39, 0.29) is 17.9 Å². The molecule has 25 heavy (non-hydrogen) atoms. The Morgan fingerprint density at radius 2 is 2.12 bits per heavy atom. The first kappa shape index (κ1) is 16.5. The maximum absolute atomic E-state index is 12.9. The molecule has 2 aliphatic rings. The minimum Gasteiger partial charge on any atom is -0.352 e. The second-order valence-corrected chi connectivity index (χ2v) is 7.76. The Hall–Kier alpha value is -1.93. The van der Waals surface area contributed by atoms with Crippen LogP contribution in [0.5, 0.6) is 0 Å². The van der Waals surface area contributed by atoms with Gasteiger partial charge in [0.25, 0.3) is 5.91 Å². The Kier molecular flexibility index (Phi) is 4.47. The van der Waals surface area contributed by atoms with Gasteiger partial charge in [-0.1, -0.05) is 0 Å². The summed E-state index contributed by atoms with van der Waals surface area (Å²) >= 11 is 1.55. The highest BCUT2D eigenvalue weighted by molar-refractivity contribution is 7.15. The number of likely N-dealkylation sites (tertiary alicyclic amines) is 2. The normalized spacial score (nSPS) is 21.3. The molecule has 1 N–H and O–H groups in total. The van der Waals surface area contributed by atoms with E-state index in [4.69, 9.17) is 0 Å². The largest absolute Gasteiger partial charge is 0.352 e. The number of hydrogen-bond donors (Lipinski definition) is 1. The van der Waals surface area contributed by atoms with Crippen molar-refractivity contribution in [3.63, 3.8) is 0 Å². The van der Waals surface area contributed by atoms with Crippen molar-refractivity contribution in [2.75, 3.05) is 26.2 Å². The third-order valence-electron chi connectivity index (χ3n) is 5.01. The highest BCUT2D eigenvalue weighted by Gasteiger charge is 2.29. The third-order valence-corrected chi connectivity index (χ3v) is 5.77. The molecule has 0 aliphatic carbocycles. The Bertz CT molecular complexity index is 792. The summed E-state index contributed by atoms with van der Waals surface area (Å²) in [6.07, 6.45) is 5.09. The van der Waals surface area contributed by atoms with Crippen LogP contribution in [0.1, 0.15) is 42.4 Å². The summed E-state index contributed by atoms with van der Waals surface area (Å²) in [7, 11) is 0. The lowest BCUT2D eigenvalue weighted by atomic mass is 10.2. The standard InChI is InChI=1S/C17H23N5O2S/c1-12(23)18-13-4-7-20(10-13)11-14-15(16(24)21-5-2-3-6-21)19-17-22(14)8-9-25-17/h8-9,13H,2-7,10-11H2,1H3,(H,18,23)/t13-/m1/s1. The van der Waals surface area contributed by atoms with Crippen LogP contribution in [0.4, 0.5) is 0 Å². The molecule has 2 aromatic rings. The summed E-state index contributed by atoms with van der Waals surface area (Å²) in [6, 6.07) is 0.195. The zero-order chi connectivity index (χ0) is 17.4. The van der Waals surface area contributed by atoms with Gasteiger partial charge in [0.1, 0.15) is 0 Å². The van der Waals surface area contributed by atoms with Crippen molar-refractivity contribution in [1.82, 2.24) is 24.5 Å². The zero-order valence-electron chi connectivity index (χ0n) is 14.4. The molecule has 0 aromatic carbocycles. The summed E-state index contributed by atoms with van der Waals surface area (Å²) in [5.74, 6) is 0.0716. The van der Waals surface area contributed by atoms with Crippen LogP contribution in [0.3, 0.4) is 0 Å². The number of aromatic nitrogens is 2. The van der Waals surface area contributed by atoms with E-state index in [2.05, 4.69) is 15.2 Å². The van der Waals surface area contributed by atoms with Crippen LogP contribution in [0, 0.1) is 0 Å². The fourth-order valence-electron chi connectivity index (χ4n) is 3.82. The maximum atomic E-state index is 12.9. The lowest BCUT2D eigenvalue weighted by molar-refractivity contribution is -0.119. The van der Waals surface area contributed by atoms with Gasteiger partial charge in [0.15, 0.2) is 10.7 Å². The van der Waals surface area contributed by atoms with Crippen molar-refractivity contribution in [2.24, 2.45) is 0 Å². The zero-order valence-corrected chi connectivity index (χ0v) is 15.2. The van der Waals surface area contributed by atoms with Crippen LogP contribution in [-0.4, -0.2) is 63.2 Å². The van der Waals surface area contributed by atoms with Gasteiger partial charge in [-0.05, 0) is 19.3 Å². The number of nitrogens with one attached hydrogen (secondary N) is 1. The fraction of sp³-hybridized carbons (Fsp3) is 0.588. The van der Waals surface area contributed by atoms with Gasteiger partial charge in [-0.2, -0.15) is 0 Å². The van der Waals surface area contributed by atoms with Gasteiger partial charge in [0, 0.05) is 57.3 Å². The average Bonchev–Trinajstić information content (AvgIpc) is 3.32. The number of nitrogens with zero attached hydrogens (tertiary/aromatic N) is 4. The van der Waals surface area contributed by atoms with Gasteiger partial charge in [-0.3, -0.25) is 18.9 Å². The predicted octanol–water partition coefficient (Wildman–Crippen LogP) is 1.34. The molecule has 4 heterocycles. The molecule has 1 atom stereocenters. The molecule has 0 bridgehead atoms. The van der Waals surface area contributed by atoms with E-state index in [0.29, 0.717) is 12.2 Å². The van der Waals surface area contributed by atoms with Crippen LogP contribution in [-0.2, 0) is 11.3 Å². The molecular formula is C17H23N5O2S. The monoisotopic (exact) mass is 361 g/mol. The quantitative estimate of drug-likeness (QED) is 0.892. The third kappa shape index (κ3) is 3.28. The lowest BCUT2D eigenvalue weighted by Crippen LogP contribution is -2.35. The number of fused-ring (bicyclic) bond motifs is 1. The Labute approximate surface area is 150 Å². The van der Waals surface area contributed by atoms with Crippen molar-refractivity contribution in [3.8, 4) is 0 Å². The number of carbonyl (C=O) groups excluding carboxylic acids is 2. The molecule has 0 radical (unpaired) electrons. The Morgan fingerprint density at radius 1 is 1.32 bits per heavy atom. The average molecular weight is 361 g/mol. The maximum Gasteiger partial charge on any atom is 0.274 e. The van der Waals surface area contributed by atoms with E-state index in [1.54, 1.807) is 18.3 Å². The molecule has 2 aromatic heterocycles. The van der Waals surface area contributed by atoms with Crippen LogP contribution < -0.4 is 5.32 Å². The second-order valence-electron chi connectivity index (χ2n) is 6.88. The van der Waals surface area contributed by atoms with E-state index in [0.717, 1.165) is 56.1 Å². The van der Waals surface area contributed by atoms with Crippen LogP contribution in [0.25, 0.3) is 4.96 Å². The van der Waals surface area contributed by atoms with E-state index in [1.165, 1.54) is 0 Å². The van der Waals surface area contributed by atoms with Crippen LogP contribution in [0.2, 0.25) is 0 Å². The SMILES string of the molecule is CC(=O)N[C@@H]1CCN(Cc2c(C(=O)N3CCCC3)nc3sccn23)C1.